The maximum Gasteiger partial charge on any atom is 0.257 e. The minimum absolute atomic E-state index is 0.0807. The predicted octanol–water partition coefficient (Wildman–Crippen LogP) is 3.37. The lowest BCUT2D eigenvalue weighted by molar-refractivity contribution is -0.122. The van der Waals surface area contributed by atoms with Crippen LogP contribution in [0.1, 0.15) is 27.9 Å². The molecule has 1 aromatic heterocycles. The minimum atomic E-state index is -0.914. The highest BCUT2D eigenvalue weighted by atomic mass is 16.5. The molecule has 0 spiro atoms. The summed E-state index contributed by atoms with van der Waals surface area (Å²) in [6, 6.07) is 16.6. The molecule has 1 fully saturated rings. The average molecular weight is 429 g/mol. The molecule has 1 aliphatic heterocycles. The molecule has 0 saturated carbocycles. The van der Waals surface area contributed by atoms with Gasteiger partial charge in [-0.05, 0) is 48.9 Å². The van der Waals surface area contributed by atoms with Gasteiger partial charge in [-0.15, -0.1) is 0 Å². The van der Waals surface area contributed by atoms with Gasteiger partial charge < -0.3 is 9.64 Å². The second-order valence-electron chi connectivity index (χ2n) is 7.65. The Labute approximate surface area is 186 Å². The van der Waals surface area contributed by atoms with Gasteiger partial charge in [-0.3, -0.25) is 19.4 Å². The van der Waals surface area contributed by atoms with Crippen molar-refractivity contribution in [1.82, 2.24) is 9.88 Å². The highest BCUT2D eigenvalue weighted by Gasteiger charge is 2.44. The van der Waals surface area contributed by atoms with Crippen LogP contribution in [0.25, 0.3) is 0 Å². The first-order chi connectivity index (χ1) is 15.5. The van der Waals surface area contributed by atoms with E-state index in [9.17, 15) is 14.4 Å². The number of rotatable bonds is 6. The average Bonchev–Trinajstić information content (AvgIpc) is 3.12. The number of nitrogens with zero attached hydrogens (tertiary/aromatic N) is 3. The molecule has 2 heterocycles. The molecule has 162 valence electrons. The van der Waals surface area contributed by atoms with Crippen molar-refractivity contribution in [1.29, 1.82) is 0 Å². The van der Waals surface area contributed by atoms with Crippen molar-refractivity contribution in [2.45, 2.75) is 25.9 Å². The van der Waals surface area contributed by atoms with Crippen LogP contribution in [0.5, 0.6) is 5.75 Å². The van der Waals surface area contributed by atoms with Gasteiger partial charge >= 0.3 is 0 Å². The summed E-state index contributed by atoms with van der Waals surface area (Å²) in [6.07, 6.45) is 3.20. The van der Waals surface area contributed by atoms with Crippen LogP contribution >= 0.6 is 0 Å². The summed E-state index contributed by atoms with van der Waals surface area (Å²) in [7, 11) is 1.52. The minimum Gasteiger partial charge on any atom is -0.497 e. The Hall–Kier alpha value is -4.00. The second-order valence-corrected chi connectivity index (χ2v) is 7.65. The number of imide groups is 1. The zero-order valence-electron chi connectivity index (χ0n) is 17.9. The molecule has 1 aliphatic rings. The van der Waals surface area contributed by atoms with E-state index in [0.29, 0.717) is 17.0 Å². The van der Waals surface area contributed by atoms with Crippen LogP contribution in [-0.4, -0.2) is 40.8 Å². The molecular weight excluding hydrogens is 406 g/mol. The van der Waals surface area contributed by atoms with Gasteiger partial charge in [0.1, 0.15) is 11.8 Å². The first-order valence-electron chi connectivity index (χ1n) is 10.3. The largest absolute Gasteiger partial charge is 0.497 e. The summed E-state index contributed by atoms with van der Waals surface area (Å²) < 4.78 is 5.24. The Morgan fingerprint density at radius 1 is 1.12 bits per heavy atom. The summed E-state index contributed by atoms with van der Waals surface area (Å²) >= 11 is 0. The molecule has 3 aromatic rings. The third-order valence-corrected chi connectivity index (χ3v) is 5.44. The molecule has 7 heteroatoms. The summed E-state index contributed by atoms with van der Waals surface area (Å²) in [5.41, 5.74) is 2.67. The van der Waals surface area contributed by atoms with Gasteiger partial charge in [0.05, 0.1) is 19.2 Å². The fourth-order valence-corrected chi connectivity index (χ4v) is 3.76. The van der Waals surface area contributed by atoms with Crippen LogP contribution in [0.2, 0.25) is 0 Å². The van der Waals surface area contributed by atoms with E-state index in [2.05, 4.69) is 4.98 Å². The van der Waals surface area contributed by atoms with E-state index in [1.54, 1.807) is 54.9 Å². The Kier molecular flexibility index (Phi) is 5.98. The number of ether oxygens (including phenoxy) is 1. The number of methoxy groups -OCH3 is 1. The van der Waals surface area contributed by atoms with Gasteiger partial charge in [0, 0.05) is 24.5 Å². The monoisotopic (exact) mass is 429 g/mol. The number of amides is 3. The lowest BCUT2D eigenvalue weighted by Gasteiger charge is -2.28. The van der Waals surface area contributed by atoms with Crippen molar-refractivity contribution in [2.75, 3.05) is 12.0 Å². The van der Waals surface area contributed by atoms with E-state index in [-0.39, 0.29) is 24.8 Å². The molecule has 7 nitrogen and oxygen atoms in total. The van der Waals surface area contributed by atoms with E-state index in [4.69, 9.17) is 4.74 Å². The molecule has 2 aromatic carbocycles. The van der Waals surface area contributed by atoms with E-state index in [1.165, 1.54) is 16.9 Å². The normalized spacial score (nSPS) is 15.7. The molecule has 0 radical (unpaired) electrons. The number of hydrogen-bond donors (Lipinski definition) is 0. The summed E-state index contributed by atoms with van der Waals surface area (Å²) in [5, 5.41) is 0. The molecule has 0 aliphatic carbocycles. The summed E-state index contributed by atoms with van der Waals surface area (Å²) in [6.45, 7) is 2.08. The number of carbonyl (C=O) groups excluding carboxylic acids is 3. The highest BCUT2D eigenvalue weighted by molar-refractivity contribution is 6.23. The summed E-state index contributed by atoms with van der Waals surface area (Å²) in [4.78, 5) is 46.4. The van der Waals surface area contributed by atoms with Crippen molar-refractivity contribution < 1.29 is 19.1 Å². The highest BCUT2D eigenvalue weighted by Crippen LogP contribution is 2.28. The Morgan fingerprint density at radius 3 is 2.59 bits per heavy atom. The van der Waals surface area contributed by atoms with Crippen molar-refractivity contribution in [3.05, 3.63) is 89.7 Å². The van der Waals surface area contributed by atoms with E-state index in [1.807, 2.05) is 25.1 Å². The van der Waals surface area contributed by atoms with E-state index >= 15 is 0 Å². The van der Waals surface area contributed by atoms with Crippen LogP contribution in [0.4, 0.5) is 5.69 Å². The third-order valence-electron chi connectivity index (χ3n) is 5.44. The topological polar surface area (TPSA) is 79.8 Å². The molecule has 1 saturated heterocycles. The van der Waals surface area contributed by atoms with Gasteiger partial charge in [0.15, 0.2) is 0 Å². The summed E-state index contributed by atoms with van der Waals surface area (Å²) in [5.74, 6) is -0.575. The van der Waals surface area contributed by atoms with Gasteiger partial charge in [0.25, 0.3) is 11.8 Å². The molecule has 32 heavy (non-hydrogen) atoms. The maximum atomic E-state index is 13.5. The lowest BCUT2D eigenvalue weighted by Crippen LogP contribution is -2.45. The number of anilines is 1. The van der Waals surface area contributed by atoms with Gasteiger partial charge in [0.2, 0.25) is 5.91 Å². The quantitative estimate of drug-likeness (QED) is 0.562. The van der Waals surface area contributed by atoms with Crippen LogP contribution in [0.15, 0.2) is 73.1 Å². The van der Waals surface area contributed by atoms with Crippen molar-refractivity contribution in [2.24, 2.45) is 0 Å². The van der Waals surface area contributed by atoms with E-state index in [0.717, 1.165) is 11.1 Å². The SMILES string of the molecule is COc1cccc(C(=O)N(Cc2cccnc2)C2CC(=O)N(c3ccc(C)cc3)C2=O)c1. The fourth-order valence-electron chi connectivity index (χ4n) is 3.76. The molecule has 4 rings (SSSR count). The van der Waals surface area contributed by atoms with Crippen LogP contribution in [0, 0.1) is 6.92 Å². The number of aromatic nitrogens is 1. The third kappa shape index (κ3) is 4.23. The number of hydrogen-bond acceptors (Lipinski definition) is 5. The van der Waals surface area contributed by atoms with E-state index < -0.39 is 11.9 Å². The first-order valence-corrected chi connectivity index (χ1v) is 10.3. The van der Waals surface area contributed by atoms with Crippen LogP contribution in [0.3, 0.4) is 0 Å². The predicted molar refractivity (Wildman–Crippen MR) is 119 cm³/mol. The molecule has 1 atom stereocenters. The second kappa shape index (κ2) is 9.01. The standard InChI is InChI=1S/C25H23N3O4/c1-17-8-10-20(11-9-17)28-23(29)14-22(25(28)31)27(16-18-5-4-12-26-15-18)24(30)19-6-3-7-21(13-19)32-2/h3-13,15,22H,14,16H2,1-2H3. The number of benzene rings is 2. The molecular formula is C25H23N3O4. The van der Waals surface area contributed by atoms with Crippen molar-refractivity contribution in [3.8, 4) is 5.75 Å². The first kappa shape index (κ1) is 21.2. The number of aryl methyl sites for hydroxylation is 1. The van der Waals surface area contributed by atoms with Gasteiger partial charge in [-0.1, -0.05) is 29.8 Å². The smallest absolute Gasteiger partial charge is 0.257 e. The van der Waals surface area contributed by atoms with Gasteiger partial charge in [-0.25, -0.2) is 4.90 Å². The Bertz CT molecular complexity index is 1150. The lowest BCUT2D eigenvalue weighted by atomic mass is 10.1. The molecule has 1 unspecified atom stereocenters. The maximum absolute atomic E-state index is 13.5. The van der Waals surface area contributed by atoms with Crippen LogP contribution in [-0.2, 0) is 16.1 Å². The molecule has 0 bridgehead atoms. The zero-order valence-corrected chi connectivity index (χ0v) is 17.9. The Balaban J connectivity index is 1.69. The fraction of sp³-hybridized carbons (Fsp3) is 0.200. The Morgan fingerprint density at radius 2 is 1.91 bits per heavy atom. The molecule has 0 N–H and O–H groups in total. The van der Waals surface area contributed by atoms with Crippen molar-refractivity contribution in [3.63, 3.8) is 0 Å². The number of carbonyl (C=O) groups is 3. The van der Waals surface area contributed by atoms with Crippen molar-refractivity contribution >= 4 is 23.4 Å². The van der Waals surface area contributed by atoms with Gasteiger partial charge in [-0.2, -0.15) is 0 Å². The zero-order chi connectivity index (χ0) is 22.7. The molecule has 3 amide bonds. The van der Waals surface area contributed by atoms with Crippen LogP contribution < -0.4 is 9.64 Å². The number of pyridine rings is 1.